The molecule has 24 heavy (non-hydrogen) atoms. The first-order valence-electron chi connectivity index (χ1n) is 9.12. The zero-order valence-electron chi connectivity index (χ0n) is 14.3. The van der Waals surface area contributed by atoms with Crippen molar-refractivity contribution >= 4 is 6.08 Å². The summed E-state index contributed by atoms with van der Waals surface area (Å²) in [5.74, 6) is 0. The van der Waals surface area contributed by atoms with Crippen LogP contribution in [0, 0.1) is 0 Å². The molecule has 0 spiro atoms. The molecule has 1 unspecified atom stereocenters. The van der Waals surface area contributed by atoms with Gasteiger partial charge >= 0.3 is 0 Å². The van der Waals surface area contributed by atoms with Crippen molar-refractivity contribution in [2.75, 3.05) is 26.2 Å². The first-order chi connectivity index (χ1) is 11.9. The molecule has 1 atom stereocenters. The molecule has 2 aromatic carbocycles. The maximum atomic E-state index is 2.69. The molecule has 4 rings (SSSR count). The van der Waals surface area contributed by atoms with Crippen molar-refractivity contribution in [1.29, 1.82) is 0 Å². The van der Waals surface area contributed by atoms with Crippen LogP contribution in [0.2, 0.25) is 0 Å². The number of hydrogen-bond acceptors (Lipinski definition) is 2. The van der Waals surface area contributed by atoms with Crippen LogP contribution in [0.4, 0.5) is 0 Å². The summed E-state index contributed by atoms with van der Waals surface area (Å²) in [6.45, 7) is 5.85. The Balaban J connectivity index is 1.36. The van der Waals surface area contributed by atoms with Crippen LogP contribution < -0.4 is 0 Å². The van der Waals surface area contributed by atoms with Crippen LogP contribution in [0.1, 0.15) is 24.0 Å². The average molecular weight is 318 g/mol. The highest BCUT2D eigenvalue weighted by atomic mass is 15.3. The molecule has 0 aliphatic carbocycles. The highest BCUT2D eigenvalue weighted by Crippen LogP contribution is 2.26. The summed E-state index contributed by atoms with van der Waals surface area (Å²) in [5.41, 5.74) is 4.37. The zero-order chi connectivity index (χ0) is 16.2. The van der Waals surface area contributed by atoms with Crippen LogP contribution in [0.15, 0.2) is 66.2 Å². The van der Waals surface area contributed by atoms with E-state index in [1.807, 2.05) is 0 Å². The summed E-state index contributed by atoms with van der Waals surface area (Å²) < 4.78 is 0. The van der Waals surface area contributed by atoms with Crippen molar-refractivity contribution in [2.24, 2.45) is 0 Å². The Morgan fingerprint density at radius 3 is 2.46 bits per heavy atom. The van der Waals surface area contributed by atoms with Crippen molar-refractivity contribution in [3.63, 3.8) is 0 Å². The molecule has 0 radical (unpaired) electrons. The number of hydrogen-bond donors (Lipinski definition) is 0. The van der Waals surface area contributed by atoms with Gasteiger partial charge in [0, 0.05) is 38.8 Å². The van der Waals surface area contributed by atoms with Gasteiger partial charge in [0.2, 0.25) is 0 Å². The van der Waals surface area contributed by atoms with Crippen molar-refractivity contribution in [2.45, 2.75) is 25.4 Å². The van der Waals surface area contributed by atoms with Crippen LogP contribution in [-0.4, -0.2) is 42.0 Å². The van der Waals surface area contributed by atoms with Gasteiger partial charge in [-0.15, -0.1) is 0 Å². The van der Waals surface area contributed by atoms with Gasteiger partial charge in [0.25, 0.3) is 0 Å². The summed E-state index contributed by atoms with van der Waals surface area (Å²) in [7, 11) is 0. The van der Waals surface area contributed by atoms with E-state index in [9.17, 15) is 0 Å². The average Bonchev–Trinajstić information content (AvgIpc) is 2.64. The molecular formula is C22H26N2. The van der Waals surface area contributed by atoms with Crippen LogP contribution >= 0.6 is 0 Å². The van der Waals surface area contributed by atoms with E-state index in [1.165, 1.54) is 43.6 Å². The summed E-state index contributed by atoms with van der Waals surface area (Å²) in [5, 5.41) is 0. The second kappa shape index (κ2) is 7.33. The third-order valence-electron chi connectivity index (χ3n) is 5.31. The summed E-state index contributed by atoms with van der Waals surface area (Å²) >= 11 is 0. The normalized spacial score (nSPS) is 24.0. The maximum absolute atomic E-state index is 2.69. The molecule has 0 amide bonds. The lowest BCUT2D eigenvalue weighted by Gasteiger charge is -2.44. The van der Waals surface area contributed by atoms with Gasteiger partial charge in [-0.25, -0.2) is 0 Å². The van der Waals surface area contributed by atoms with Crippen LogP contribution in [0.5, 0.6) is 0 Å². The first-order valence-corrected chi connectivity index (χ1v) is 9.12. The minimum absolute atomic E-state index is 0.732. The number of benzene rings is 2. The Labute approximate surface area is 145 Å². The third kappa shape index (κ3) is 3.77. The highest BCUT2D eigenvalue weighted by Gasteiger charge is 2.30. The number of rotatable bonds is 3. The lowest BCUT2D eigenvalue weighted by molar-refractivity contribution is 0.0609. The third-order valence-corrected chi connectivity index (χ3v) is 5.31. The molecule has 0 aromatic heterocycles. The second-order valence-electron chi connectivity index (χ2n) is 7.10. The number of piperidine rings is 1. The molecule has 2 aliphatic heterocycles. The lowest BCUT2D eigenvalue weighted by Crippen LogP contribution is -2.54. The highest BCUT2D eigenvalue weighted by molar-refractivity contribution is 5.53. The molecule has 2 aromatic rings. The van der Waals surface area contributed by atoms with Crippen LogP contribution in [0.3, 0.4) is 0 Å². The number of piperazine rings is 1. The van der Waals surface area contributed by atoms with E-state index in [4.69, 9.17) is 0 Å². The van der Waals surface area contributed by atoms with E-state index in [0.29, 0.717) is 0 Å². The van der Waals surface area contributed by atoms with Gasteiger partial charge in [-0.1, -0.05) is 72.3 Å². The van der Waals surface area contributed by atoms with Gasteiger partial charge in [0.15, 0.2) is 0 Å². The molecule has 2 heterocycles. The van der Waals surface area contributed by atoms with Gasteiger partial charge in [-0.2, -0.15) is 0 Å². The summed E-state index contributed by atoms with van der Waals surface area (Å²) in [6, 6.07) is 22.4. The Morgan fingerprint density at radius 2 is 1.67 bits per heavy atom. The molecule has 0 bridgehead atoms. The summed E-state index contributed by atoms with van der Waals surface area (Å²) in [4.78, 5) is 5.32. The van der Waals surface area contributed by atoms with Crippen molar-refractivity contribution < 1.29 is 0 Å². The van der Waals surface area contributed by atoms with E-state index in [0.717, 1.165) is 19.1 Å². The molecular weight excluding hydrogens is 292 g/mol. The minimum atomic E-state index is 0.732. The fourth-order valence-corrected chi connectivity index (χ4v) is 4.02. The van der Waals surface area contributed by atoms with Crippen LogP contribution in [0.25, 0.3) is 6.08 Å². The lowest BCUT2D eigenvalue weighted by atomic mass is 9.94. The smallest absolute Gasteiger partial charge is 0.0234 e. The van der Waals surface area contributed by atoms with Gasteiger partial charge in [0.05, 0.1) is 0 Å². The largest absolute Gasteiger partial charge is 0.296 e. The molecule has 0 N–H and O–H groups in total. The number of fused-ring (bicyclic) bond motifs is 1. The fraction of sp³-hybridized carbons (Fsp3) is 0.364. The predicted octanol–water partition coefficient (Wildman–Crippen LogP) is 4.05. The Bertz CT molecular complexity index is 678. The maximum Gasteiger partial charge on any atom is 0.0234 e. The first kappa shape index (κ1) is 15.6. The number of nitrogens with zero attached hydrogens (tertiary/aromatic N) is 2. The predicted molar refractivity (Wildman–Crippen MR) is 101 cm³/mol. The quantitative estimate of drug-likeness (QED) is 0.842. The second-order valence-corrected chi connectivity index (χ2v) is 7.10. The topological polar surface area (TPSA) is 6.48 Å². The minimum Gasteiger partial charge on any atom is -0.296 e. The zero-order valence-corrected chi connectivity index (χ0v) is 14.3. The van der Waals surface area contributed by atoms with Crippen molar-refractivity contribution in [3.05, 3.63) is 77.4 Å². The summed E-state index contributed by atoms with van der Waals surface area (Å²) in [6.07, 6.45) is 4.94. The monoisotopic (exact) mass is 318 g/mol. The van der Waals surface area contributed by atoms with E-state index in [1.54, 1.807) is 5.57 Å². The Kier molecular flexibility index (Phi) is 4.77. The van der Waals surface area contributed by atoms with E-state index < -0.39 is 0 Å². The van der Waals surface area contributed by atoms with Gasteiger partial charge in [-0.05, 0) is 24.0 Å². The molecule has 2 fully saturated rings. The molecule has 124 valence electrons. The SMILES string of the molecule is C(=C1/CCC2CN(Cc3ccccc3)CCN2C1)/c1ccccc1. The Hall–Kier alpha value is -1.90. The molecule has 0 saturated carbocycles. The molecule has 2 aliphatic rings. The molecule has 2 nitrogen and oxygen atoms in total. The van der Waals surface area contributed by atoms with E-state index >= 15 is 0 Å². The van der Waals surface area contributed by atoms with Crippen LogP contribution in [-0.2, 0) is 6.54 Å². The van der Waals surface area contributed by atoms with E-state index in [2.05, 4.69) is 76.5 Å². The van der Waals surface area contributed by atoms with Crippen molar-refractivity contribution in [3.8, 4) is 0 Å². The fourth-order valence-electron chi connectivity index (χ4n) is 4.02. The standard InChI is InChI=1S/C22H26N2/c1-3-7-19(8-4-1)15-21-11-12-22-18-23(13-14-24(22)17-21)16-20-9-5-2-6-10-20/h1-10,15,22H,11-14,16-18H2/b21-15+. The van der Waals surface area contributed by atoms with Crippen molar-refractivity contribution in [1.82, 2.24) is 9.80 Å². The molecule has 2 heteroatoms. The molecule has 2 saturated heterocycles. The van der Waals surface area contributed by atoms with Gasteiger partial charge < -0.3 is 0 Å². The van der Waals surface area contributed by atoms with E-state index in [-0.39, 0.29) is 0 Å². The van der Waals surface area contributed by atoms with Gasteiger partial charge in [-0.3, -0.25) is 9.80 Å². The Morgan fingerprint density at radius 1 is 0.917 bits per heavy atom. The van der Waals surface area contributed by atoms with Gasteiger partial charge in [0.1, 0.15) is 0 Å².